The summed E-state index contributed by atoms with van der Waals surface area (Å²) >= 11 is 1.82. The zero-order chi connectivity index (χ0) is 9.19. The van der Waals surface area contributed by atoms with Gasteiger partial charge in [0.2, 0.25) is 0 Å². The van der Waals surface area contributed by atoms with Crippen molar-refractivity contribution in [3.63, 3.8) is 0 Å². The van der Waals surface area contributed by atoms with Crippen LogP contribution in [0.15, 0.2) is 23.4 Å². The van der Waals surface area contributed by atoms with E-state index in [2.05, 4.69) is 38.7 Å². The minimum atomic E-state index is 0.249. The van der Waals surface area contributed by atoms with Crippen molar-refractivity contribution in [3.05, 3.63) is 23.9 Å². The summed E-state index contributed by atoms with van der Waals surface area (Å²) in [7, 11) is 0. The number of hydrogen-bond acceptors (Lipinski definition) is 2. The third-order valence-corrected chi connectivity index (χ3v) is 2.60. The van der Waals surface area contributed by atoms with E-state index in [0.717, 1.165) is 5.03 Å². The molecule has 0 bridgehead atoms. The van der Waals surface area contributed by atoms with Gasteiger partial charge < -0.3 is 0 Å². The van der Waals surface area contributed by atoms with Crippen LogP contribution in [-0.4, -0.2) is 9.73 Å². The predicted molar refractivity (Wildman–Crippen MR) is 54.6 cm³/mol. The van der Waals surface area contributed by atoms with Crippen LogP contribution >= 0.6 is 11.8 Å². The van der Waals surface area contributed by atoms with Crippen LogP contribution in [0.1, 0.15) is 26.3 Å². The molecule has 1 rings (SSSR count). The first kappa shape index (κ1) is 9.59. The minimum Gasteiger partial charge on any atom is -0.250 e. The maximum absolute atomic E-state index is 4.33. The van der Waals surface area contributed by atoms with Gasteiger partial charge in [-0.15, -0.1) is 11.8 Å². The van der Waals surface area contributed by atoms with E-state index in [-0.39, 0.29) is 4.75 Å². The number of thioether (sulfide) groups is 1. The van der Waals surface area contributed by atoms with Crippen LogP contribution in [0, 0.1) is 6.92 Å². The van der Waals surface area contributed by atoms with Crippen molar-refractivity contribution in [3.8, 4) is 0 Å². The minimum absolute atomic E-state index is 0.249. The fourth-order valence-electron chi connectivity index (χ4n) is 0.868. The lowest BCUT2D eigenvalue weighted by atomic mass is 10.3. The van der Waals surface area contributed by atoms with E-state index in [1.165, 1.54) is 5.56 Å². The van der Waals surface area contributed by atoms with Crippen molar-refractivity contribution >= 4 is 11.8 Å². The van der Waals surface area contributed by atoms with Gasteiger partial charge in [-0.05, 0) is 18.6 Å². The summed E-state index contributed by atoms with van der Waals surface area (Å²) in [5.74, 6) is 0. The zero-order valence-corrected chi connectivity index (χ0v) is 8.90. The molecular weight excluding hydrogens is 166 g/mol. The van der Waals surface area contributed by atoms with Gasteiger partial charge in [0.25, 0.3) is 0 Å². The SMILES string of the molecule is Cc1cccnc1SC(C)(C)C. The van der Waals surface area contributed by atoms with E-state index in [1.54, 1.807) is 0 Å². The Morgan fingerprint density at radius 1 is 1.33 bits per heavy atom. The molecule has 0 saturated carbocycles. The molecule has 1 aromatic rings. The van der Waals surface area contributed by atoms with Crippen LogP contribution < -0.4 is 0 Å². The fourth-order valence-corrected chi connectivity index (χ4v) is 1.79. The van der Waals surface area contributed by atoms with E-state index < -0.39 is 0 Å². The largest absolute Gasteiger partial charge is 0.250 e. The maximum atomic E-state index is 4.33. The summed E-state index contributed by atoms with van der Waals surface area (Å²) in [4.78, 5) is 4.33. The Hall–Kier alpha value is -0.500. The van der Waals surface area contributed by atoms with Gasteiger partial charge in [0.15, 0.2) is 0 Å². The van der Waals surface area contributed by atoms with E-state index in [4.69, 9.17) is 0 Å². The highest BCUT2D eigenvalue weighted by molar-refractivity contribution is 8.00. The number of aromatic nitrogens is 1. The first-order chi connectivity index (χ1) is 5.49. The molecule has 0 radical (unpaired) electrons. The van der Waals surface area contributed by atoms with Gasteiger partial charge in [0.05, 0.1) is 5.03 Å². The average Bonchev–Trinajstić information content (AvgIpc) is 1.91. The summed E-state index contributed by atoms with van der Waals surface area (Å²) in [5, 5.41) is 1.14. The maximum Gasteiger partial charge on any atom is 0.0994 e. The topological polar surface area (TPSA) is 12.9 Å². The molecule has 1 aromatic heterocycles. The Balaban J connectivity index is 2.83. The molecule has 0 fully saturated rings. The predicted octanol–water partition coefficient (Wildman–Crippen LogP) is 3.28. The molecule has 0 spiro atoms. The third-order valence-electron chi connectivity index (χ3n) is 1.36. The highest BCUT2D eigenvalue weighted by Crippen LogP contribution is 2.31. The molecule has 66 valence electrons. The van der Waals surface area contributed by atoms with Crippen LogP contribution in [0.5, 0.6) is 0 Å². The molecule has 0 N–H and O–H groups in total. The smallest absolute Gasteiger partial charge is 0.0994 e. The molecular formula is C10H15NS. The van der Waals surface area contributed by atoms with Crippen molar-refractivity contribution in [2.45, 2.75) is 37.5 Å². The average molecular weight is 181 g/mol. The van der Waals surface area contributed by atoms with Crippen molar-refractivity contribution in [1.82, 2.24) is 4.98 Å². The van der Waals surface area contributed by atoms with Gasteiger partial charge in [-0.1, -0.05) is 26.8 Å². The molecule has 2 heteroatoms. The van der Waals surface area contributed by atoms with Gasteiger partial charge in [-0.25, -0.2) is 4.98 Å². The summed E-state index contributed by atoms with van der Waals surface area (Å²) in [5.41, 5.74) is 1.26. The lowest BCUT2D eigenvalue weighted by molar-refractivity contribution is 0.798. The van der Waals surface area contributed by atoms with Gasteiger partial charge in [0.1, 0.15) is 0 Å². The molecule has 0 unspecified atom stereocenters. The van der Waals surface area contributed by atoms with Gasteiger partial charge in [0, 0.05) is 10.9 Å². The molecule has 0 aromatic carbocycles. The van der Waals surface area contributed by atoms with Gasteiger partial charge >= 0.3 is 0 Å². The lowest BCUT2D eigenvalue weighted by Gasteiger charge is -2.17. The lowest BCUT2D eigenvalue weighted by Crippen LogP contribution is -2.07. The monoisotopic (exact) mass is 181 g/mol. The van der Waals surface area contributed by atoms with Gasteiger partial charge in [-0.2, -0.15) is 0 Å². The molecule has 0 atom stereocenters. The third kappa shape index (κ3) is 2.86. The summed E-state index contributed by atoms with van der Waals surface area (Å²) < 4.78 is 0.249. The second-order valence-corrected chi connectivity index (χ2v) is 5.66. The van der Waals surface area contributed by atoms with Crippen molar-refractivity contribution in [2.24, 2.45) is 0 Å². The quantitative estimate of drug-likeness (QED) is 0.617. The van der Waals surface area contributed by atoms with Crippen LogP contribution in [-0.2, 0) is 0 Å². The number of rotatable bonds is 1. The number of pyridine rings is 1. The number of nitrogens with zero attached hydrogens (tertiary/aromatic N) is 1. The normalized spacial score (nSPS) is 11.7. The van der Waals surface area contributed by atoms with E-state index in [0.29, 0.717) is 0 Å². The molecule has 12 heavy (non-hydrogen) atoms. The van der Waals surface area contributed by atoms with Crippen molar-refractivity contribution in [1.29, 1.82) is 0 Å². The fraction of sp³-hybridized carbons (Fsp3) is 0.500. The van der Waals surface area contributed by atoms with Gasteiger partial charge in [-0.3, -0.25) is 0 Å². The Labute approximate surface area is 78.6 Å². The zero-order valence-electron chi connectivity index (χ0n) is 8.09. The molecule has 0 amide bonds. The van der Waals surface area contributed by atoms with Crippen LogP contribution in [0.25, 0.3) is 0 Å². The summed E-state index contributed by atoms with van der Waals surface area (Å²) in [6.07, 6.45) is 1.85. The second kappa shape index (κ2) is 3.48. The molecule has 0 aliphatic heterocycles. The molecule has 0 saturated heterocycles. The van der Waals surface area contributed by atoms with E-state index in [9.17, 15) is 0 Å². The van der Waals surface area contributed by atoms with E-state index >= 15 is 0 Å². The first-order valence-corrected chi connectivity index (χ1v) is 4.91. The number of hydrogen-bond donors (Lipinski definition) is 0. The highest BCUT2D eigenvalue weighted by Gasteiger charge is 2.13. The Morgan fingerprint density at radius 2 is 2.00 bits per heavy atom. The first-order valence-electron chi connectivity index (χ1n) is 4.10. The Bertz CT molecular complexity index is 263. The van der Waals surface area contributed by atoms with E-state index in [1.807, 2.05) is 24.0 Å². The molecule has 0 aliphatic carbocycles. The molecule has 0 aliphatic rings. The molecule has 1 heterocycles. The highest BCUT2D eigenvalue weighted by atomic mass is 32.2. The standard InChI is InChI=1S/C10H15NS/c1-8-6-5-7-11-9(8)12-10(2,3)4/h5-7H,1-4H3. The van der Waals surface area contributed by atoms with Crippen LogP contribution in [0.3, 0.4) is 0 Å². The van der Waals surface area contributed by atoms with Crippen LogP contribution in [0.2, 0.25) is 0 Å². The second-order valence-electron chi connectivity index (χ2n) is 3.84. The van der Waals surface area contributed by atoms with Crippen molar-refractivity contribution in [2.75, 3.05) is 0 Å². The molecule has 1 nitrogen and oxygen atoms in total. The summed E-state index contributed by atoms with van der Waals surface area (Å²) in [6.45, 7) is 8.70. The summed E-state index contributed by atoms with van der Waals surface area (Å²) in [6, 6.07) is 4.07. The Morgan fingerprint density at radius 3 is 2.50 bits per heavy atom. The van der Waals surface area contributed by atoms with Crippen molar-refractivity contribution < 1.29 is 0 Å². The Kier molecular flexibility index (Phi) is 2.78. The van der Waals surface area contributed by atoms with Crippen LogP contribution in [0.4, 0.5) is 0 Å². The number of aryl methyl sites for hydroxylation is 1.